The predicted octanol–water partition coefficient (Wildman–Crippen LogP) is 2.75. The fraction of sp³-hybridized carbons (Fsp3) is 0.371. The molecule has 0 radical (unpaired) electrons. The molecular weight excluding hydrogens is 547 g/mol. The monoisotopic (exact) mass is 582 g/mol. The molecule has 4 aromatic carbocycles. The fourth-order valence-corrected chi connectivity index (χ4v) is 7.52. The minimum absolute atomic E-state index is 0. The number of carbonyl (C=O) groups excluding carboxylic acids is 1. The van der Waals surface area contributed by atoms with E-state index >= 15 is 0 Å². The van der Waals surface area contributed by atoms with Crippen molar-refractivity contribution in [3.63, 3.8) is 0 Å². The summed E-state index contributed by atoms with van der Waals surface area (Å²) in [5, 5.41) is 25.6. The zero-order valence-electron chi connectivity index (χ0n) is 24.8. The van der Waals surface area contributed by atoms with Gasteiger partial charge in [-0.3, -0.25) is 4.90 Å². The zero-order chi connectivity index (χ0) is 28.2. The van der Waals surface area contributed by atoms with Gasteiger partial charge in [0.2, 0.25) is 0 Å². The standard InChI is InChI=1S/C35H36N4O3.Na/c40-35(41)23-13-15-24(16-14-23)36-28-21-29(39-19-17-38(18-20-39)25-9-2-1-3-10-25)33-32-31(28)30(22-7-6-8-22)26-11-4-5-12-27(26)34(32)42-37-33;/h4-5,11-16,21,25,36H,1-3,6-10,17-20H2,(H,40,41);/q;+1/p-1. The maximum Gasteiger partial charge on any atom is 1.00 e. The maximum atomic E-state index is 11.4. The van der Waals surface area contributed by atoms with Crippen LogP contribution in [0.25, 0.3) is 38.2 Å². The van der Waals surface area contributed by atoms with Crippen LogP contribution in [0.1, 0.15) is 61.7 Å². The average molecular weight is 583 g/mol. The summed E-state index contributed by atoms with van der Waals surface area (Å²) in [4.78, 5) is 16.6. The van der Waals surface area contributed by atoms with Crippen LogP contribution < -0.4 is 50.1 Å². The van der Waals surface area contributed by atoms with E-state index in [4.69, 9.17) is 9.68 Å². The minimum Gasteiger partial charge on any atom is -0.545 e. The molecule has 1 N–H and O–H groups in total. The van der Waals surface area contributed by atoms with Crippen molar-refractivity contribution in [1.82, 2.24) is 10.1 Å². The molecule has 7 nitrogen and oxygen atoms in total. The molecule has 0 atom stereocenters. The number of carbonyl (C=O) groups is 1. The number of benzene rings is 4. The first kappa shape index (κ1) is 28.7. The Balaban J connectivity index is 0.00000300. The van der Waals surface area contributed by atoms with Crippen molar-refractivity contribution in [1.29, 1.82) is 0 Å². The van der Waals surface area contributed by atoms with Crippen LogP contribution in [0.5, 0.6) is 0 Å². The number of nitrogens with zero attached hydrogens (tertiary/aromatic N) is 3. The van der Waals surface area contributed by atoms with Gasteiger partial charge in [-0.25, -0.2) is 0 Å². The molecule has 2 aliphatic carbocycles. The van der Waals surface area contributed by atoms with Crippen molar-refractivity contribution in [2.75, 3.05) is 36.4 Å². The van der Waals surface area contributed by atoms with E-state index in [1.54, 1.807) is 12.1 Å². The van der Waals surface area contributed by atoms with E-state index in [9.17, 15) is 9.90 Å². The number of nitrogens with one attached hydrogen (secondary N) is 1. The third-order valence-corrected chi connectivity index (χ3v) is 9.88. The van der Waals surface area contributed by atoms with E-state index in [-0.39, 0.29) is 35.1 Å². The number of piperazine rings is 1. The van der Waals surface area contributed by atoms with Gasteiger partial charge in [0.25, 0.3) is 0 Å². The number of anilines is 3. The minimum atomic E-state index is -1.17. The third kappa shape index (κ3) is 5.00. The van der Waals surface area contributed by atoms with E-state index in [2.05, 4.69) is 45.4 Å². The Hall–Kier alpha value is -3.10. The van der Waals surface area contributed by atoms with Crippen molar-refractivity contribution < 1.29 is 44.0 Å². The smallest absolute Gasteiger partial charge is 0.545 e. The maximum absolute atomic E-state index is 11.4. The summed E-state index contributed by atoms with van der Waals surface area (Å²) < 4.78 is 6.19. The van der Waals surface area contributed by atoms with Gasteiger partial charge in [0.1, 0.15) is 5.52 Å². The van der Waals surface area contributed by atoms with Crippen LogP contribution in [0.15, 0.2) is 59.1 Å². The normalized spacial score (nSPS) is 18.2. The van der Waals surface area contributed by atoms with E-state index in [0.29, 0.717) is 0 Å². The van der Waals surface area contributed by atoms with Gasteiger partial charge in [0.15, 0.2) is 5.58 Å². The molecular formula is C35H35N4NaO3. The van der Waals surface area contributed by atoms with Gasteiger partial charge in [-0.15, -0.1) is 0 Å². The summed E-state index contributed by atoms with van der Waals surface area (Å²) >= 11 is 0. The Bertz CT molecular complexity index is 1860. The Morgan fingerprint density at radius 3 is 2.28 bits per heavy atom. The molecule has 5 aromatic rings. The van der Waals surface area contributed by atoms with Gasteiger partial charge >= 0.3 is 29.6 Å². The van der Waals surface area contributed by atoms with Crippen molar-refractivity contribution in [2.24, 2.45) is 0 Å². The van der Waals surface area contributed by atoms with Crippen LogP contribution in [0.4, 0.5) is 17.1 Å². The summed E-state index contributed by atoms with van der Waals surface area (Å²) in [5.41, 5.74) is 6.33. The number of hydrogen-bond acceptors (Lipinski definition) is 7. The second-order valence-corrected chi connectivity index (χ2v) is 12.2. The van der Waals surface area contributed by atoms with Crippen LogP contribution in [0.3, 0.4) is 0 Å². The molecule has 2 heterocycles. The van der Waals surface area contributed by atoms with E-state index in [1.807, 2.05) is 12.1 Å². The molecule has 214 valence electrons. The second-order valence-electron chi connectivity index (χ2n) is 12.2. The molecule has 1 aliphatic heterocycles. The Morgan fingerprint density at radius 2 is 1.60 bits per heavy atom. The first-order valence-electron chi connectivity index (χ1n) is 15.5. The molecule has 0 unspecified atom stereocenters. The molecule has 0 bridgehead atoms. The average Bonchev–Trinajstić information content (AvgIpc) is 3.45. The summed E-state index contributed by atoms with van der Waals surface area (Å²) in [6.07, 6.45) is 10.1. The van der Waals surface area contributed by atoms with Crippen LogP contribution in [0, 0.1) is 0 Å². The van der Waals surface area contributed by atoms with Crippen molar-refractivity contribution >= 4 is 61.2 Å². The van der Waals surface area contributed by atoms with Gasteiger partial charge < -0.3 is 24.6 Å². The first-order valence-corrected chi connectivity index (χ1v) is 15.5. The second kappa shape index (κ2) is 11.8. The molecule has 1 aromatic heterocycles. The van der Waals surface area contributed by atoms with E-state index < -0.39 is 5.97 Å². The molecule has 2 saturated carbocycles. The third-order valence-electron chi connectivity index (χ3n) is 9.88. The van der Waals surface area contributed by atoms with Crippen molar-refractivity contribution in [2.45, 2.75) is 57.4 Å². The van der Waals surface area contributed by atoms with Gasteiger partial charge in [-0.1, -0.05) is 66.4 Å². The fourth-order valence-electron chi connectivity index (χ4n) is 7.52. The van der Waals surface area contributed by atoms with Crippen LogP contribution >= 0.6 is 0 Å². The Kier molecular flexibility index (Phi) is 7.84. The number of aromatic nitrogens is 1. The number of aromatic carboxylic acids is 1. The van der Waals surface area contributed by atoms with Crippen molar-refractivity contribution in [3.8, 4) is 0 Å². The van der Waals surface area contributed by atoms with Gasteiger partial charge in [-0.2, -0.15) is 0 Å². The summed E-state index contributed by atoms with van der Waals surface area (Å²) in [6.45, 7) is 4.03. The number of rotatable bonds is 5. The Labute approximate surface area is 273 Å². The quantitative estimate of drug-likeness (QED) is 0.252. The Morgan fingerprint density at radius 1 is 0.884 bits per heavy atom. The molecule has 8 rings (SSSR count). The number of hydrogen-bond donors (Lipinski definition) is 1. The topological polar surface area (TPSA) is 84.7 Å². The molecule has 3 fully saturated rings. The SMILES string of the molecule is O=C([O-])c1ccc(Nc2cc(N3CCN(C4CCCCC4)CC3)c3noc4c5ccccc5c(=C5CCC5)c2c34)cc1.[Na+]. The van der Waals surface area contributed by atoms with Gasteiger partial charge in [-0.05, 0) is 66.5 Å². The van der Waals surface area contributed by atoms with Crippen molar-refractivity contribution in [3.05, 3.63) is 65.4 Å². The van der Waals surface area contributed by atoms with Gasteiger partial charge in [0.05, 0.1) is 17.0 Å². The van der Waals surface area contributed by atoms with E-state index in [0.717, 1.165) is 89.4 Å². The van der Waals surface area contributed by atoms with E-state index in [1.165, 1.54) is 54.7 Å². The molecule has 0 spiro atoms. The zero-order valence-corrected chi connectivity index (χ0v) is 26.8. The summed E-state index contributed by atoms with van der Waals surface area (Å²) in [5.74, 6) is -1.17. The first-order chi connectivity index (χ1) is 20.7. The van der Waals surface area contributed by atoms with Crippen LogP contribution in [-0.4, -0.2) is 48.2 Å². The van der Waals surface area contributed by atoms with Crippen LogP contribution in [0.2, 0.25) is 0 Å². The molecule has 1 saturated heterocycles. The molecule has 8 heteroatoms. The number of fused-ring (bicyclic) bond motifs is 2. The largest absolute Gasteiger partial charge is 1.00 e. The van der Waals surface area contributed by atoms with Gasteiger partial charge in [0, 0.05) is 54.4 Å². The summed E-state index contributed by atoms with van der Waals surface area (Å²) in [7, 11) is 0. The predicted molar refractivity (Wildman–Crippen MR) is 166 cm³/mol. The summed E-state index contributed by atoms with van der Waals surface area (Å²) in [6, 6.07) is 18.3. The molecule has 43 heavy (non-hydrogen) atoms. The molecule has 3 aliphatic rings. The number of carboxylic acid groups (broad SMARTS) is 1. The number of carboxylic acids is 1. The van der Waals surface area contributed by atoms with Crippen LogP contribution in [-0.2, 0) is 0 Å². The molecule has 0 amide bonds.